The van der Waals surface area contributed by atoms with Gasteiger partial charge < -0.3 is 16.2 Å². The van der Waals surface area contributed by atoms with E-state index in [9.17, 15) is 9.90 Å². The molecule has 4 N–H and O–H groups in total. The fraction of sp³-hybridized carbons (Fsp3) is 0.250. The van der Waals surface area contributed by atoms with Gasteiger partial charge in [0.15, 0.2) is 0 Å². The summed E-state index contributed by atoms with van der Waals surface area (Å²) in [6.45, 7) is 4.16. The van der Waals surface area contributed by atoms with Crippen molar-refractivity contribution in [2.24, 2.45) is 16.6 Å². The van der Waals surface area contributed by atoms with E-state index in [1.165, 1.54) is 0 Å². The minimum Gasteiger partial charge on any atom is -0.477 e. The van der Waals surface area contributed by atoms with Gasteiger partial charge in [-0.2, -0.15) is 0 Å². The van der Waals surface area contributed by atoms with Crippen LogP contribution in [0.5, 0.6) is 0 Å². The lowest BCUT2D eigenvalue weighted by Gasteiger charge is -2.11. The Morgan fingerprint density at radius 3 is 2.59 bits per heavy atom. The lowest BCUT2D eigenvalue weighted by molar-refractivity contribution is -0.133. The van der Waals surface area contributed by atoms with Crippen molar-refractivity contribution in [1.29, 1.82) is 0 Å². The fourth-order valence-electron chi connectivity index (χ4n) is 1.85. The number of aliphatic carboxylic acids is 1. The predicted molar refractivity (Wildman–Crippen MR) is 87.3 cm³/mol. The largest absolute Gasteiger partial charge is 0.477 e. The Hall–Kier alpha value is -2.27. The van der Waals surface area contributed by atoms with Crippen molar-refractivity contribution in [3.63, 3.8) is 0 Å². The monoisotopic (exact) mass is 319 g/mol. The van der Waals surface area contributed by atoms with Gasteiger partial charge >= 0.3 is 5.97 Å². The molecule has 1 aliphatic rings. The molecule has 1 fully saturated rings. The zero-order valence-corrected chi connectivity index (χ0v) is 12.8. The van der Waals surface area contributed by atoms with E-state index < -0.39 is 5.97 Å². The summed E-state index contributed by atoms with van der Waals surface area (Å²) in [5.41, 5.74) is 7.22. The summed E-state index contributed by atoms with van der Waals surface area (Å²) in [5.74, 6) is -0.898. The standard InChI is InChI=1S/C16H18ClN3O2/c1-10(12-7-8-12)20-14(16(21)22)13(17)15(18)19-9-11-5-3-2-4-6-11/h2-6,12,20H,1,7-9H2,(H2,18,19)(H,21,22). The van der Waals surface area contributed by atoms with Crippen LogP contribution in [0.2, 0.25) is 0 Å². The number of benzene rings is 1. The van der Waals surface area contributed by atoms with Crippen molar-refractivity contribution >= 4 is 23.4 Å². The van der Waals surface area contributed by atoms with Crippen LogP contribution < -0.4 is 11.1 Å². The summed E-state index contributed by atoms with van der Waals surface area (Å²) < 4.78 is 0. The van der Waals surface area contributed by atoms with Gasteiger partial charge in [0.05, 0.1) is 6.54 Å². The Labute approximate surface area is 134 Å². The predicted octanol–water partition coefficient (Wildman–Crippen LogP) is 2.59. The van der Waals surface area contributed by atoms with E-state index in [0.717, 1.165) is 18.4 Å². The number of aliphatic imine (C=N–C) groups is 1. The molecular weight excluding hydrogens is 302 g/mol. The number of carbonyl (C=O) groups is 1. The smallest absolute Gasteiger partial charge is 0.354 e. The molecule has 1 aromatic rings. The second-order valence-electron chi connectivity index (χ2n) is 5.11. The van der Waals surface area contributed by atoms with Gasteiger partial charge in [-0.25, -0.2) is 4.79 Å². The Morgan fingerprint density at radius 2 is 2.05 bits per heavy atom. The zero-order valence-electron chi connectivity index (χ0n) is 12.1. The first-order valence-electron chi connectivity index (χ1n) is 6.92. The van der Waals surface area contributed by atoms with E-state index >= 15 is 0 Å². The highest BCUT2D eigenvalue weighted by Crippen LogP contribution is 2.34. The number of carboxylic acid groups (broad SMARTS) is 1. The van der Waals surface area contributed by atoms with Gasteiger partial charge in [-0.3, -0.25) is 4.99 Å². The minimum absolute atomic E-state index is 0.0148. The highest BCUT2D eigenvalue weighted by molar-refractivity contribution is 6.44. The maximum atomic E-state index is 11.3. The number of nitrogens with zero attached hydrogens (tertiary/aromatic N) is 1. The number of halogens is 1. The van der Waals surface area contributed by atoms with Crippen LogP contribution in [0.25, 0.3) is 0 Å². The van der Waals surface area contributed by atoms with Gasteiger partial charge in [-0.1, -0.05) is 48.5 Å². The number of hydrogen-bond donors (Lipinski definition) is 3. The second-order valence-corrected chi connectivity index (χ2v) is 5.48. The molecule has 0 unspecified atom stereocenters. The Bertz CT molecular complexity index is 634. The first-order valence-corrected chi connectivity index (χ1v) is 7.30. The van der Waals surface area contributed by atoms with Crippen LogP contribution in [-0.2, 0) is 11.3 Å². The third kappa shape index (κ3) is 4.36. The molecule has 1 aliphatic carbocycles. The first-order chi connectivity index (χ1) is 10.5. The number of hydrogen-bond acceptors (Lipinski definition) is 3. The van der Waals surface area contributed by atoms with Crippen molar-refractivity contribution < 1.29 is 9.90 Å². The summed E-state index contributed by atoms with van der Waals surface area (Å²) in [4.78, 5) is 15.5. The van der Waals surface area contributed by atoms with Crippen LogP contribution in [-0.4, -0.2) is 16.9 Å². The summed E-state index contributed by atoms with van der Waals surface area (Å²) >= 11 is 6.07. The normalized spacial score (nSPS) is 16.0. The molecule has 0 aliphatic heterocycles. The summed E-state index contributed by atoms with van der Waals surface area (Å²) in [7, 11) is 0. The molecule has 0 atom stereocenters. The van der Waals surface area contributed by atoms with E-state index in [-0.39, 0.29) is 16.6 Å². The topological polar surface area (TPSA) is 87.7 Å². The number of nitrogens with two attached hydrogens (primary N) is 1. The van der Waals surface area contributed by atoms with Crippen molar-refractivity contribution in [3.05, 3.63) is 58.9 Å². The van der Waals surface area contributed by atoms with Crippen molar-refractivity contribution in [1.82, 2.24) is 5.32 Å². The summed E-state index contributed by atoms with van der Waals surface area (Å²) in [6, 6.07) is 9.49. The molecule has 0 aromatic heterocycles. The molecule has 0 heterocycles. The third-order valence-electron chi connectivity index (χ3n) is 3.29. The lowest BCUT2D eigenvalue weighted by Crippen LogP contribution is -2.26. The maximum Gasteiger partial charge on any atom is 0.354 e. The molecule has 1 saturated carbocycles. The molecule has 2 rings (SSSR count). The summed E-state index contributed by atoms with van der Waals surface area (Å²) in [5, 5.41) is 11.9. The number of allylic oxidation sites excluding steroid dienone is 1. The van der Waals surface area contributed by atoms with E-state index in [1.807, 2.05) is 30.3 Å². The molecule has 0 bridgehead atoms. The lowest BCUT2D eigenvalue weighted by atomic mass is 10.2. The quantitative estimate of drug-likeness (QED) is 0.409. The van der Waals surface area contributed by atoms with Crippen LogP contribution >= 0.6 is 11.6 Å². The van der Waals surface area contributed by atoms with Gasteiger partial charge in [0.2, 0.25) is 0 Å². The van der Waals surface area contributed by atoms with Crippen LogP contribution in [0.3, 0.4) is 0 Å². The highest BCUT2D eigenvalue weighted by atomic mass is 35.5. The highest BCUT2D eigenvalue weighted by Gasteiger charge is 2.27. The van der Waals surface area contributed by atoms with Gasteiger partial charge in [0.25, 0.3) is 0 Å². The minimum atomic E-state index is -1.19. The number of rotatable bonds is 7. The second kappa shape index (κ2) is 7.13. The molecule has 0 radical (unpaired) electrons. The molecule has 0 spiro atoms. The Balaban J connectivity index is 2.13. The summed E-state index contributed by atoms with van der Waals surface area (Å²) in [6.07, 6.45) is 2.02. The molecule has 0 saturated heterocycles. The fourth-order valence-corrected chi connectivity index (χ4v) is 2.04. The number of carboxylic acids is 1. The van der Waals surface area contributed by atoms with E-state index in [1.54, 1.807) is 0 Å². The number of nitrogens with one attached hydrogen (secondary N) is 1. The van der Waals surface area contributed by atoms with Gasteiger partial charge in [0, 0.05) is 5.70 Å². The van der Waals surface area contributed by atoms with Gasteiger partial charge in [-0.05, 0) is 24.3 Å². The van der Waals surface area contributed by atoms with E-state index in [2.05, 4.69) is 16.9 Å². The van der Waals surface area contributed by atoms with Crippen LogP contribution in [0, 0.1) is 5.92 Å². The number of amidine groups is 1. The third-order valence-corrected chi connectivity index (χ3v) is 3.67. The van der Waals surface area contributed by atoms with E-state index in [4.69, 9.17) is 17.3 Å². The molecule has 0 amide bonds. The van der Waals surface area contributed by atoms with Crippen LogP contribution in [0.15, 0.2) is 58.3 Å². The average Bonchev–Trinajstić information content (AvgIpc) is 3.35. The van der Waals surface area contributed by atoms with Gasteiger partial charge in [-0.15, -0.1) is 0 Å². The first kappa shape index (κ1) is 16.1. The van der Waals surface area contributed by atoms with Crippen molar-refractivity contribution in [2.45, 2.75) is 19.4 Å². The molecule has 116 valence electrons. The zero-order chi connectivity index (χ0) is 16.1. The van der Waals surface area contributed by atoms with Crippen molar-refractivity contribution in [2.75, 3.05) is 0 Å². The van der Waals surface area contributed by atoms with Gasteiger partial charge in [0.1, 0.15) is 16.6 Å². The maximum absolute atomic E-state index is 11.3. The average molecular weight is 320 g/mol. The molecular formula is C16H18ClN3O2. The van der Waals surface area contributed by atoms with Crippen LogP contribution in [0.4, 0.5) is 0 Å². The SMILES string of the molecule is C=C(NC(C(=O)O)=C(Cl)C(N)=NCc1ccccc1)C1CC1. The Kier molecular flexibility index (Phi) is 5.22. The Morgan fingerprint density at radius 1 is 1.41 bits per heavy atom. The molecule has 5 nitrogen and oxygen atoms in total. The molecule has 6 heteroatoms. The molecule has 22 heavy (non-hydrogen) atoms. The van der Waals surface area contributed by atoms with Crippen molar-refractivity contribution in [3.8, 4) is 0 Å². The molecule has 1 aromatic carbocycles. The van der Waals surface area contributed by atoms with Crippen LogP contribution in [0.1, 0.15) is 18.4 Å². The van der Waals surface area contributed by atoms with E-state index in [0.29, 0.717) is 18.2 Å².